The molecule has 0 aliphatic carbocycles. The van der Waals surface area contributed by atoms with Gasteiger partial charge in [-0.1, -0.05) is 42.5 Å². The van der Waals surface area contributed by atoms with Crippen molar-refractivity contribution in [3.63, 3.8) is 0 Å². The third-order valence-electron chi connectivity index (χ3n) is 4.64. The maximum absolute atomic E-state index is 5.79. The normalized spacial score (nSPS) is 15.0. The lowest BCUT2D eigenvalue weighted by Crippen LogP contribution is -2.24. The van der Waals surface area contributed by atoms with Crippen molar-refractivity contribution in [1.29, 1.82) is 0 Å². The van der Waals surface area contributed by atoms with Crippen LogP contribution in [0.15, 0.2) is 65.7 Å². The van der Waals surface area contributed by atoms with Crippen molar-refractivity contribution < 1.29 is 9.47 Å². The molecule has 1 aromatic heterocycles. The van der Waals surface area contributed by atoms with Crippen LogP contribution in [-0.4, -0.2) is 35.2 Å². The lowest BCUT2D eigenvalue weighted by atomic mass is 10.1. The van der Waals surface area contributed by atoms with E-state index in [0.717, 1.165) is 25.2 Å². The molecule has 4 rings (SSSR count). The van der Waals surface area contributed by atoms with Crippen LogP contribution in [-0.2, 0) is 22.6 Å². The number of para-hydroxylation sites is 1. The van der Waals surface area contributed by atoms with Gasteiger partial charge in [-0.3, -0.25) is 4.98 Å². The highest BCUT2D eigenvalue weighted by atomic mass is 32.2. The molecular weight excluding hydrogens is 380 g/mol. The molecule has 0 amide bonds. The van der Waals surface area contributed by atoms with Crippen LogP contribution in [0.1, 0.15) is 31.9 Å². The van der Waals surface area contributed by atoms with Crippen molar-refractivity contribution in [3.8, 4) is 0 Å². The van der Waals surface area contributed by atoms with Crippen molar-refractivity contribution in [2.24, 2.45) is 0 Å². The van der Waals surface area contributed by atoms with Crippen molar-refractivity contribution in [3.05, 3.63) is 71.9 Å². The first-order chi connectivity index (χ1) is 14.0. The number of methoxy groups -OCH3 is 1. The Balaban J connectivity index is 0.000000353. The summed E-state index contributed by atoms with van der Waals surface area (Å²) < 4.78 is 13.1. The third kappa shape index (κ3) is 6.54. The van der Waals surface area contributed by atoms with Crippen molar-refractivity contribution in [2.75, 3.05) is 20.3 Å². The van der Waals surface area contributed by atoms with Crippen LogP contribution in [0.5, 0.6) is 0 Å². The van der Waals surface area contributed by atoms with E-state index in [1.54, 1.807) is 19.1 Å². The lowest BCUT2D eigenvalue weighted by Gasteiger charge is -2.25. The van der Waals surface area contributed by atoms with Gasteiger partial charge in [0.05, 0.1) is 24.3 Å². The molecule has 0 saturated heterocycles. The van der Waals surface area contributed by atoms with Gasteiger partial charge in [-0.15, -0.1) is 0 Å². The van der Waals surface area contributed by atoms with Gasteiger partial charge in [-0.25, -0.2) is 4.31 Å². The zero-order valence-corrected chi connectivity index (χ0v) is 18.5. The summed E-state index contributed by atoms with van der Waals surface area (Å²) in [6.45, 7) is 9.35. The van der Waals surface area contributed by atoms with E-state index < -0.39 is 0 Å². The lowest BCUT2D eigenvalue weighted by molar-refractivity contribution is 0.0397. The Morgan fingerprint density at radius 3 is 2.48 bits per heavy atom. The number of hydrogen-bond acceptors (Lipinski definition) is 5. The summed E-state index contributed by atoms with van der Waals surface area (Å²) in [6, 6.07) is 19.0. The summed E-state index contributed by atoms with van der Waals surface area (Å²) in [6.07, 6.45) is 1.86. The van der Waals surface area contributed by atoms with Gasteiger partial charge in [0.2, 0.25) is 0 Å². The first-order valence-corrected chi connectivity index (χ1v) is 10.7. The fourth-order valence-electron chi connectivity index (χ4n) is 2.84. The van der Waals surface area contributed by atoms with E-state index in [4.69, 9.17) is 9.47 Å². The summed E-state index contributed by atoms with van der Waals surface area (Å²) in [5.74, 6) is 0. The molecule has 154 valence electrons. The summed E-state index contributed by atoms with van der Waals surface area (Å²) in [4.78, 5) is 5.75. The summed E-state index contributed by atoms with van der Waals surface area (Å²) in [5, 5.41) is 1.18. The number of hydrogen-bond donors (Lipinski definition) is 0. The molecule has 0 spiro atoms. The number of fused-ring (bicyclic) bond motifs is 2. The molecule has 2 heterocycles. The van der Waals surface area contributed by atoms with E-state index in [1.165, 1.54) is 21.4 Å². The van der Waals surface area contributed by atoms with Gasteiger partial charge in [-0.05, 0) is 56.0 Å². The topological polar surface area (TPSA) is 34.6 Å². The number of benzene rings is 2. The minimum absolute atomic E-state index is 0.0417. The first kappa shape index (κ1) is 21.8. The third-order valence-corrected chi connectivity index (χ3v) is 5.74. The minimum Gasteiger partial charge on any atom is -0.379 e. The molecule has 29 heavy (non-hydrogen) atoms. The molecule has 1 aliphatic heterocycles. The first-order valence-electron chi connectivity index (χ1n) is 9.92. The molecule has 5 heteroatoms. The molecule has 0 saturated carbocycles. The molecule has 4 nitrogen and oxygen atoms in total. The Kier molecular flexibility index (Phi) is 7.67. The van der Waals surface area contributed by atoms with Gasteiger partial charge in [0, 0.05) is 36.7 Å². The molecule has 2 aromatic carbocycles. The SMILES string of the molecule is COC(C)(C)C.c1ccc2c(c1)COCCN(Sc1cccc3cccnc13)C2. The van der Waals surface area contributed by atoms with Crippen molar-refractivity contribution in [1.82, 2.24) is 9.29 Å². The second-order valence-corrected chi connectivity index (χ2v) is 9.06. The van der Waals surface area contributed by atoms with Crippen molar-refractivity contribution >= 4 is 22.9 Å². The number of ether oxygens (including phenoxy) is 2. The molecule has 0 atom stereocenters. The molecule has 0 unspecified atom stereocenters. The second kappa shape index (κ2) is 10.2. The van der Waals surface area contributed by atoms with Crippen LogP contribution in [0.4, 0.5) is 0 Å². The quantitative estimate of drug-likeness (QED) is 0.506. The summed E-state index contributed by atoms with van der Waals surface area (Å²) in [7, 11) is 1.71. The molecule has 0 N–H and O–H groups in total. The molecule has 0 fully saturated rings. The van der Waals surface area contributed by atoms with Crippen LogP contribution in [0.3, 0.4) is 0 Å². The second-order valence-electron chi connectivity index (χ2n) is 7.92. The maximum atomic E-state index is 5.79. The van der Waals surface area contributed by atoms with E-state index in [9.17, 15) is 0 Å². The van der Waals surface area contributed by atoms with Crippen LogP contribution < -0.4 is 0 Å². The standard InChI is InChI=1S/C19H18N2OS.C5H12O/c1-2-6-17-14-22-12-11-21(13-16(17)5-1)23-18-9-3-7-15-8-4-10-20-19(15)18;1-5(2,3)6-4/h1-10H,11-14H2;1-4H3. The van der Waals surface area contributed by atoms with E-state index in [0.29, 0.717) is 6.61 Å². The number of pyridine rings is 1. The van der Waals surface area contributed by atoms with Crippen molar-refractivity contribution in [2.45, 2.75) is 44.4 Å². The van der Waals surface area contributed by atoms with E-state index in [-0.39, 0.29) is 5.60 Å². The zero-order valence-electron chi connectivity index (χ0n) is 17.7. The van der Waals surface area contributed by atoms with Gasteiger partial charge in [0.25, 0.3) is 0 Å². The Labute approximate surface area is 178 Å². The largest absolute Gasteiger partial charge is 0.379 e. The fourth-order valence-corrected chi connectivity index (χ4v) is 3.88. The average molecular weight is 411 g/mol. The van der Waals surface area contributed by atoms with Gasteiger partial charge < -0.3 is 9.47 Å². The van der Waals surface area contributed by atoms with Gasteiger partial charge in [0.15, 0.2) is 0 Å². The number of aromatic nitrogens is 1. The Bertz CT molecular complexity index is 919. The molecule has 0 bridgehead atoms. The highest BCUT2D eigenvalue weighted by Crippen LogP contribution is 2.31. The van der Waals surface area contributed by atoms with Crippen LogP contribution in [0, 0.1) is 0 Å². The van der Waals surface area contributed by atoms with E-state index >= 15 is 0 Å². The van der Waals surface area contributed by atoms with Crippen LogP contribution in [0.2, 0.25) is 0 Å². The van der Waals surface area contributed by atoms with Crippen LogP contribution >= 0.6 is 11.9 Å². The summed E-state index contributed by atoms with van der Waals surface area (Å²) in [5.41, 5.74) is 3.73. The molecule has 3 aromatic rings. The predicted molar refractivity (Wildman–Crippen MR) is 121 cm³/mol. The van der Waals surface area contributed by atoms with Crippen LogP contribution in [0.25, 0.3) is 10.9 Å². The Hall–Kier alpha value is -1.92. The zero-order chi connectivity index (χ0) is 20.7. The highest BCUT2D eigenvalue weighted by Gasteiger charge is 2.15. The average Bonchev–Trinajstić information content (AvgIpc) is 2.70. The number of rotatable bonds is 2. The summed E-state index contributed by atoms with van der Waals surface area (Å²) >= 11 is 1.77. The molecular formula is C24H30N2O2S. The van der Waals surface area contributed by atoms with Gasteiger partial charge in [-0.2, -0.15) is 0 Å². The minimum atomic E-state index is 0.0417. The fraction of sp³-hybridized carbons (Fsp3) is 0.375. The number of nitrogens with zero attached hydrogens (tertiary/aromatic N) is 2. The Morgan fingerprint density at radius 1 is 1.00 bits per heavy atom. The highest BCUT2D eigenvalue weighted by molar-refractivity contribution is 7.97. The molecule has 0 radical (unpaired) electrons. The van der Waals surface area contributed by atoms with Gasteiger partial charge in [0.1, 0.15) is 0 Å². The maximum Gasteiger partial charge on any atom is 0.0850 e. The Morgan fingerprint density at radius 2 is 1.72 bits per heavy atom. The van der Waals surface area contributed by atoms with Gasteiger partial charge >= 0.3 is 0 Å². The van der Waals surface area contributed by atoms with E-state index in [2.05, 4.69) is 57.8 Å². The molecule has 1 aliphatic rings. The van der Waals surface area contributed by atoms with E-state index in [1.807, 2.05) is 33.0 Å². The predicted octanol–water partition coefficient (Wildman–Crippen LogP) is 5.71. The smallest absolute Gasteiger partial charge is 0.0850 e. The monoisotopic (exact) mass is 410 g/mol.